The zero-order chi connectivity index (χ0) is 15.3. The minimum absolute atomic E-state index is 0.0509. The normalized spacial score (nSPS) is 20.7. The van der Waals surface area contributed by atoms with Gasteiger partial charge in [-0.3, -0.25) is 4.79 Å². The van der Waals surface area contributed by atoms with Crippen LogP contribution in [0.4, 0.5) is 4.79 Å². The number of hydrogen-bond donors (Lipinski definition) is 2. The van der Waals surface area contributed by atoms with E-state index in [9.17, 15) is 14.7 Å². The third-order valence-electron chi connectivity index (χ3n) is 3.77. The van der Waals surface area contributed by atoms with E-state index in [0.29, 0.717) is 13.1 Å². The number of aliphatic hydroxyl groups is 1. The van der Waals surface area contributed by atoms with Gasteiger partial charge in [-0.05, 0) is 18.8 Å². The zero-order valence-corrected chi connectivity index (χ0v) is 12.9. The largest absolute Gasteiger partial charge is 0.394 e. The number of nitrogens with zero attached hydrogens (tertiary/aromatic N) is 2. The second-order valence-corrected chi connectivity index (χ2v) is 6.00. The number of urea groups is 1. The zero-order valence-electron chi connectivity index (χ0n) is 12.9. The van der Waals surface area contributed by atoms with E-state index in [1.807, 2.05) is 13.8 Å². The summed E-state index contributed by atoms with van der Waals surface area (Å²) in [5.74, 6) is -0.0542. The molecule has 2 atom stereocenters. The Kier molecular flexibility index (Phi) is 6.26. The highest BCUT2D eigenvalue weighted by molar-refractivity contribution is 5.81. The van der Waals surface area contributed by atoms with Crippen LogP contribution in [-0.4, -0.2) is 66.7 Å². The van der Waals surface area contributed by atoms with Crippen molar-refractivity contribution in [1.82, 2.24) is 15.1 Å². The fourth-order valence-electron chi connectivity index (χ4n) is 2.37. The van der Waals surface area contributed by atoms with Crippen molar-refractivity contribution in [2.45, 2.75) is 32.7 Å². The molecule has 1 fully saturated rings. The Morgan fingerprint density at radius 3 is 2.55 bits per heavy atom. The predicted octanol–water partition coefficient (Wildman–Crippen LogP) is 0.513. The molecule has 1 heterocycles. The molecule has 1 rings (SSSR count). The number of hydrogen-bond acceptors (Lipinski definition) is 3. The van der Waals surface area contributed by atoms with Crippen LogP contribution in [0.5, 0.6) is 0 Å². The van der Waals surface area contributed by atoms with Gasteiger partial charge in [0.1, 0.15) is 0 Å². The van der Waals surface area contributed by atoms with Crippen LogP contribution in [0.15, 0.2) is 0 Å². The lowest BCUT2D eigenvalue weighted by Gasteiger charge is -2.34. The number of amides is 3. The highest BCUT2D eigenvalue weighted by atomic mass is 16.3. The molecular formula is C14H27N3O3. The maximum absolute atomic E-state index is 12.2. The fraction of sp³-hybridized carbons (Fsp3) is 0.857. The minimum atomic E-state index is -0.220. The third kappa shape index (κ3) is 4.37. The minimum Gasteiger partial charge on any atom is -0.394 e. The van der Waals surface area contributed by atoms with Crippen molar-refractivity contribution in [3.63, 3.8) is 0 Å². The smallest absolute Gasteiger partial charge is 0.319 e. The van der Waals surface area contributed by atoms with Gasteiger partial charge in [-0.25, -0.2) is 4.79 Å². The topological polar surface area (TPSA) is 72.9 Å². The summed E-state index contributed by atoms with van der Waals surface area (Å²) in [6.45, 7) is 5.03. The number of carbonyl (C=O) groups excluding carboxylic acids is 2. The van der Waals surface area contributed by atoms with Gasteiger partial charge in [0, 0.05) is 27.2 Å². The van der Waals surface area contributed by atoms with Crippen LogP contribution in [0.25, 0.3) is 0 Å². The van der Waals surface area contributed by atoms with Crippen molar-refractivity contribution in [3.8, 4) is 0 Å². The highest BCUT2D eigenvalue weighted by Gasteiger charge is 2.30. The molecular weight excluding hydrogens is 258 g/mol. The number of aliphatic hydroxyl groups excluding tert-OH is 1. The summed E-state index contributed by atoms with van der Waals surface area (Å²) >= 11 is 0. The Morgan fingerprint density at radius 1 is 1.40 bits per heavy atom. The lowest BCUT2D eigenvalue weighted by molar-refractivity contribution is -0.127. The molecule has 1 aliphatic heterocycles. The van der Waals surface area contributed by atoms with Gasteiger partial charge in [-0.1, -0.05) is 13.8 Å². The Balaban J connectivity index is 2.58. The number of piperidine rings is 1. The average Bonchev–Trinajstić information content (AvgIpc) is 2.43. The second kappa shape index (κ2) is 7.47. The highest BCUT2D eigenvalue weighted by Crippen LogP contribution is 2.18. The molecule has 6 heteroatoms. The molecule has 116 valence electrons. The molecule has 6 nitrogen and oxygen atoms in total. The van der Waals surface area contributed by atoms with Crippen molar-refractivity contribution in [3.05, 3.63) is 0 Å². The maximum atomic E-state index is 12.2. The number of nitrogens with one attached hydrogen (secondary N) is 1. The Hall–Kier alpha value is -1.30. The first kappa shape index (κ1) is 16.8. The van der Waals surface area contributed by atoms with Crippen molar-refractivity contribution in [2.75, 3.05) is 33.8 Å². The van der Waals surface area contributed by atoms with Gasteiger partial charge in [0.25, 0.3) is 0 Å². The van der Waals surface area contributed by atoms with E-state index in [1.54, 1.807) is 19.0 Å². The van der Waals surface area contributed by atoms with Gasteiger partial charge in [0.05, 0.1) is 18.6 Å². The van der Waals surface area contributed by atoms with E-state index in [1.165, 1.54) is 4.90 Å². The molecule has 0 spiro atoms. The summed E-state index contributed by atoms with van der Waals surface area (Å²) < 4.78 is 0. The predicted molar refractivity (Wildman–Crippen MR) is 77.2 cm³/mol. The molecule has 0 aromatic rings. The van der Waals surface area contributed by atoms with Crippen LogP contribution in [0.1, 0.15) is 26.7 Å². The lowest BCUT2D eigenvalue weighted by atomic mass is 9.96. The molecule has 2 N–H and O–H groups in total. The van der Waals surface area contributed by atoms with E-state index in [2.05, 4.69) is 5.32 Å². The Bertz CT molecular complexity index is 345. The summed E-state index contributed by atoms with van der Waals surface area (Å²) in [6, 6.07) is -0.271. The van der Waals surface area contributed by atoms with Crippen molar-refractivity contribution >= 4 is 11.9 Å². The molecule has 3 amide bonds. The number of carbonyl (C=O) groups is 2. The van der Waals surface area contributed by atoms with E-state index in [-0.39, 0.29) is 36.4 Å². The maximum Gasteiger partial charge on any atom is 0.319 e. The molecule has 20 heavy (non-hydrogen) atoms. The van der Waals surface area contributed by atoms with E-state index < -0.39 is 0 Å². The molecule has 0 bridgehead atoms. The molecule has 0 aromatic heterocycles. The van der Waals surface area contributed by atoms with E-state index in [0.717, 1.165) is 12.8 Å². The van der Waals surface area contributed by atoms with Gasteiger partial charge in [-0.15, -0.1) is 0 Å². The summed E-state index contributed by atoms with van der Waals surface area (Å²) in [5, 5.41) is 12.2. The van der Waals surface area contributed by atoms with Crippen LogP contribution in [-0.2, 0) is 4.79 Å². The molecule has 1 saturated heterocycles. The summed E-state index contributed by atoms with van der Waals surface area (Å²) in [4.78, 5) is 27.4. The summed E-state index contributed by atoms with van der Waals surface area (Å²) in [7, 11) is 3.43. The van der Waals surface area contributed by atoms with E-state index in [4.69, 9.17) is 0 Å². The van der Waals surface area contributed by atoms with Crippen LogP contribution in [0, 0.1) is 11.8 Å². The number of rotatable bonds is 4. The standard InChI is InChI=1S/C14H27N3O3/c1-10(2)12(9-18)15-13(19)11-6-5-7-17(8-11)14(20)16(3)4/h10-12,18H,5-9H2,1-4H3,(H,15,19)/t11?,12-/m1/s1. The Labute approximate surface area is 121 Å². The van der Waals surface area contributed by atoms with E-state index >= 15 is 0 Å². The number of likely N-dealkylation sites (tertiary alicyclic amines) is 1. The molecule has 1 aliphatic rings. The van der Waals surface area contributed by atoms with Gasteiger partial charge >= 0.3 is 6.03 Å². The van der Waals surface area contributed by atoms with Gasteiger partial charge < -0.3 is 20.2 Å². The summed E-state index contributed by atoms with van der Waals surface area (Å²) in [5.41, 5.74) is 0. The van der Waals surface area contributed by atoms with Crippen LogP contribution < -0.4 is 5.32 Å². The van der Waals surface area contributed by atoms with Crippen LogP contribution in [0.2, 0.25) is 0 Å². The summed E-state index contributed by atoms with van der Waals surface area (Å²) in [6.07, 6.45) is 1.63. The molecule has 1 unspecified atom stereocenters. The van der Waals surface area contributed by atoms with Gasteiger partial charge in [0.2, 0.25) is 5.91 Å². The average molecular weight is 285 g/mol. The van der Waals surface area contributed by atoms with Crippen molar-refractivity contribution in [2.24, 2.45) is 11.8 Å². The fourth-order valence-corrected chi connectivity index (χ4v) is 2.37. The third-order valence-corrected chi connectivity index (χ3v) is 3.77. The monoisotopic (exact) mass is 285 g/mol. The molecule has 0 aliphatic carbocycles. The molecule has 0 saturated carbocycles. The Morgan fingerprint density at radius 2 is 2.05 bits per heavy atom. The first-order chi connectivity index (χ1) is 9.36. The van der Waals surface area contributed by atoms with Gasteiger partial charge in [0.15, 0.2) is 0 Å². The van der Waals surface area contributed by atoms with Crippen LogP contribution >= 0.6 is 0 Å². The first-order valence-corrected chi connectivity index (χ1v) is 7.24. The van der Waals surface area contributed by atoms with Crippen LogP contribution in [0.3, 0.4) is 0 Å². The SMILES string of the molecule is CC(C)[C@@H](CO)NC(=O)C1CCCN(C(=O)N(C)C)C1. The van der Waals surface area contributed by atoms with Crippen molar-refractivity contribution < 1.29 is 14.7 Å². The quantitative estimate of drug-likeness (QED) is 0.790. The molecule has 0 radical (unpaired) electrons. The molecule has 0 aromatic carbocycles. The van der Waals surface area contributed by atoms with Crippen molar-refractivity contribution in [1.29, 1.82) is 0 Å². The second-order valence-electron chi connectivity index (χ2n) is 6.00. The first-order valence-electron chi connectivity index (χ1n) is 7.24. The van der Waals surface area contributed by atoms with Gasteiger partial charge in [-0.2, -0.15) is 0 Å². The lowest BCUT2D eigenvalue weighted by Crippen LogP contribution is -2.51.